The second kappa shape index (κ2) is 12.7. The number of sulfonamides is 1. The van der Waals surface area contributed by atoms with E-state index in [1.807, 2.05) is 42.2 Å². The number of carbonyl (C=O) groups excluding carboxylic acids is 2. The lowest BCUT2D eigenvalue weighted by Crippen LogP contribution is -2.38. The van der Waals surface area contributed by atoms with Crippen LogP contribution in [0, 0.1) is 18.3 Å². The quantitative estimate of drug-likeness (QED) is 0.429. The molecule has 2 aromatic carbocycles. The summed E-state index contributed by atoms with van der Waals surface area (Å²) in [5, 5.41) is 14.0. The summed E-state index contributed by atoms with van der Waals surface area (Å²) in [4.78, 5) is 27.3. The predicted molar refractivity (Wildman–Crippen MR) is 144 cm³/mol. The molecule has 0 radical (unpaired) electrons. The molecular weight excluding hydrogens is 490 g/mol. The molecule has 3 rings (SSSR count). The number of nitriles is 1. The number of anilines is 1. The van der Waals surface area contributed by atoms with Gasteiger partial charge in [-0.05, 0) is 81.3 Å². The smallest absolute Gasteiger partial charge is 0.319 e. The van der Waals surface area contributed by atoms with Gasteiger partial charge >= 0.3 is 6.03 Å². The van der Waals surface area contributed by atoms with Crippen LogP contribution in [0.1, 0.15) is 66.1 Å². The molecule has 0 saturated carbocycles. The maximum atomic E-state index is 13.2. The second-order valence-electron chi connectivity index (χ2n) is 9.55. The van der Waals surface area contributed by atoms with E-state index in [2.05, 4.69) is 21.4 Å². The molecule has 1 aliphatic heterocycles. The SMILES string of the molecule is Cc1ccc(C(=O)N2CCC(c3ccc(C#N)cc3)CC2)cc1NC(=O)NCCCNS(=O)(=O)C(C)C. The van der Waals surface area contributed by atoms with Crippen molar-refractivity contribution in [1.29, 1.82) is 5.26 Å². The maximum absolute atomic E-state index is 13.2. The van der Waals surface area contributed by atoms with E-state index in [1.165, 1.54) is 5.56 Å². The number of nitrogens with zero attached hydrogens (tertiary/aromatic N) is 2. The van der Waals surface area contributed by atoms with Crippen molar-refractivity contribution in [3.63, 3.8) is 0 Å². The number of benzene rings is 2. The Morgan fingerprint density at radius 2 is 1.76 bits per heavy atom. The van der Waals surface area contributed by atoms with E-state index in [0.717, 1.165) is 18.4 Å². The van der Waals surface area contributed by atoms with Gasteiger partial charge in [-0.3, -0.25) is 4.79 Å². The number of carbonyl (C=O) groups is 2. The number of hydrogen-bond acceptors (Lipinski definition) is 5. The summed E-state index contributed by atoms with van der Waals surface area (Å²) in [7, 11) is -3.32. The summed E-state index contributed by atoms with van der Waals surface area (Å²) >= 11 is 0. The number of likely N-dealkylation sites (tertiary alicyclic amines) is 1. The van der Waals surface area contributed by atoms with E-state index in [0.29, 0.717) is 48.8 Å². The highest BCUT2D eigenvalue weighted by molar-refractivity contribution is 7.90. The van der Waals surface area contributed by atoms with E-state index < -0.39 is 21.3 Å². The van der Waals surface area contributed by atoms with Gasteiger partial charge in [-0.2, -0.15) is 5.26 Å². The highest BCUT2D eigenvalue weighted by Crippen LogP contribution is 2.29. The van der Waals surface area contributed by atoms with Gasteiger partial charge in [0.05, 0.1) is 16.9 Å². The van der Waals surface area contributed by atoms with Crippen LogP contribution in [0.3, 0.4) is 0 Å². The first-order chi connectivity index (χ1) is 17.6. The van der Waals surface area contributed by atoms with Gasteiger partial charge in [-0.15, -0.1) is 0 Å². The third-order valence-electron chi connectivity index (χ3n) is 6.59. The third-order valence-corrected chi connectivity index (χ3v) is 8.44. The topological polar surface area (TPSA) is 131 Å². The van der Waals surface area contributed by atoms with E-state index in [-0.39, 0.29) is 12.5 Å². The Balaban J connectivity index is 1.50. The first kappa shape index (κ1) is 28.2. The summed E-state index contributed by atoms with van der Waals surface area (Å²) in [6.45, 7) is 6.89. The standard InChI is InChI=1S/C27H35N5O4S/c1-19(2)37(35,36)30-14-4-13-29-27(34)31-25-17-24(8-5-20(25)3)26(33)32-15-11-23(12-16-32)22-9-6-21(18-28)7-10-22/h5-10,17,19,23,30H,4,11-16H2,1-3H3,(H2,29,31,34). The predicted octanol–water partition coefficient (Wildman–Crippen LogP) is 3.73. The second-order valence-corrected chi connectivity index (χ2v) is 11.9. The Bertz CT molecular complexity index is 1240. The fraction of sp³-hybridized carbons (Fsp3) is 0.444. The van der Waals surface area contributed by atoms with Crippen LogP contribution in [0.5, 0.6) is 0 Å². The summed E-state index contributed by atoms with van der Waals surface area (Å²) in [5.74, 6) is 0.288. The van der Waals surface area contributed by atoms with Crippen molar-refractivity contribution in [1.82, 2.24) is 14.9 Å². The average Bonchev–Trinajstić information content (AvgIpc) is 2.89. The summed E-state index contributed by atoms with van der Waals surface area (Å²) in [5.41, 5.74) is 3.73. The van der Waals surface area contributed by atoms with Crippen LogP contribution in [0.25, 0.3) is 0 Å². The zero-order chi connectivity index (χ0) is 27.0. The van der Waals surface area contributed by atoms with Crippen LogP contribution in [0.15, 0.2) is 42.5 Å². The van der Waals surface area contributed by atoms with Crippen LogP contribution in [0.2, 0.25) is 0 Å². The molecule has 10 heteroatoms. The summed E-state index contributed by atoms with van der Waals surface area (Å²) < 4.78 is 26.0. The van der Waals surface area contributed by atoms with Crippen molar-refractivity contribution in [3.8, 4) is 6.07 Å². The van der Waals surface area contributed by atoms with Gasteiger partial charge in [0.1, 0.15) is 0 Å². The fourth-order valence-electron chi connectivity index (χ4n) is 4.16. The number of rotatable bonds is 9. The van der Waals surface area contributed by atoms with Crippen molar-refractivity contribution < 1.29 is 18.0 Å². The van der Waals surface area contributed by atoms with Crippen molar-refractivity contribution in [2.24, 2.45) is 0 Å². The molecule has 0 aliphatic carbocycles. The van der Waals surface area contributed by atoms with Crippen LogP contribution in [0.4, 0.5) is 10.5 Å². The number of hydrogen-bond donors (Lipinski definition) is 3. The zero-order valence-corrected chi connectivity index (χ0v) is 22.4. The molecule has 3 N–H and O–H groups in total. The molecule has 0 spiro atoms. The van der Waals surface area contributed by atoms with Crippen molar-refractivity contribution in [2.75, 3.05) is 31.5 Å². The third kappa shape index (κ3) is 7.78. The summed E-state index contributed by atoms with van der Waals surface area (Å²) in [6, 6.07) is 14.7. The highest BCUT2D eigenvalue weighted by atomic mass is 32.2. The molecule has 37 heavy (non-hydrogen) atoms. The highest BCUT2D eigenvalue weighted by Gasteiger charge is 2.25. The Hall–Kier alpha value is -3.42. The molecule has 198 valence electrons. The molecule has 0 atom stereocenters. The molecule has 1 aliphatic rings. The maximum Gasteiger partial charge on any atom is 0.319 e. The molecule has 2 aromatic rings. The van der Waals surface area contributed by atoms with Gasteiger partial charge in [0.25, 0.3) is 5.91 Å². The zero-order valence-electron chi connectivity index (χ0n) is 21.6. The molecule has 3 amide bonds. The molecule has 1 fully saturated rings. The number of nitrogens with one attached hydrogen (secondary N) is 3. The van der Waals surface area contributed by atoms with Crippen LogP contribution >= 0.6 is 0 Å². The van der Waals surface area contributed by atoms with E-state index in [1.54, 1.807) is 26.0 Å². The first-order valence-electron chi connectivity index (χ1n) is 12.5. The molecule has 0 unspecified atom stereocenters. The minimum absolute atomic E-state index is 0.0702. The minimum Gasteiger partial charge on any atom is -0.339 e. The summed E-state index contributed by atoms with van der Waals surface area (Å²) in [6.07, 6.45) is 2.16. The lowest BCUT2D eigenvalue weighted by atomic mass is 9.89. The Kier molecular flexibility index (Phi) is 9.66. The molecule has 1 saturated heterocycles. The Labute approximate surface area is 219 Å². The van der Waals surface area contributed by atoms with Crippen molar-refractivity contribution in [2.45, 2.75) is 51.2 Å². The normalized spacial score (nSPS) is 14.3. The van der Waals surface area contributed by atoms with E-state index >= 15 is 0 Å². The van der Waals surface area contributed by atoms with Crippen molar-refractivity contribution in [3.05, 3.63) is 64.7 Å². The first-order valence-corrected chi connectivity index (χ1v) is 14.1. The van der Waals surface area contributed by atoms with Crippen LogP contribution in [-0.4, -0.2) is 56.7 Å². The number of amides is 3. The monoisotopic (exact) mass is 525 g/mol. The Morgan fingerprint density at radius 1 is 1.08 bits per heavy atom. The van der Waals surface area contributed by atoms with E-state index in [4.69, 9.17) is 5.26 Å². The molecule has 0 bridgehead atoms. The van der Waals surface area contributed by atoms with Crippen LogP contribution < -0.4 is 15.4 Å². The van der Waals surface area contributed by atoms with Gasteiger partial charge in [-0.1, -0.05) is 18.2 Å². The number of aryl methyl sites for hydroxylation is 1. The molecule has 1 heterocycles. The van der Waals surface area contributed by atoms with Gasteiger partial charge in [-0.25, -0.2) is 17.9 Å². The molecule has 0 aromatic heterocycles. The van der Waals surface area contributed by atoms with Crippen LogP contribution in [-0.2, 0) is 10.0 Å². The fourth-order valence-corrected chi connectivity index (χ4v) is 4.92. The molecule has 9 nitrogen and oxygen atoms in total. The largest absolute Gasteiger partial charge is 0.339 e. The Morgan fingerprint density at radius 3 is 2.38 bits per heavy atom. The number of piperidine rings is 1. The molecular formula is C27H35N5O4S. The number of urea groups is 1. The van der Waals surface area contributed by atoms with Gasteiger partial charge in [0.2, 0.25) is 10.0 Å². The lowest BCUT2D eigenvalue weighted by Gasteiger charge is -2.32. The average molecular weight is 526 g/mol. The van der Waals surface area contributed by atoms with E-state index in [9.17, 15) is 18.0 Å². The van der Waals surface area contributed by atoms with Crippen molar-refractivity contribution >= 4 is 27.6 Å². The minimum atomic E-state index is -3.32. The lowest BCUT2D eigenvalue weighted by molar-refractivity contribution is 0.0713. The van der Waals surface area contributed by atoms with Gasteiger partial charge in [0, 0.05) is 37.4 Å². The van der Waals surface area contributed by atoms with Gasteiger partial charge < -0.3 is 15.5 Å². The van der Waals surface area contributed by atoms with Gasteiger partial charge in [0.15, 0.2) is 0 Å².